The lowest BCUT2D eigenvalue weighted by Gasteiger charge is -2.29. The molecule has 7 aromatic rings. The summed E-state index contributed by atoms with van der Waals surface area (Å²) >= 11 is 0. The fraction of sp³-hybridized carbons (Fsp3) is 0.0769. The molecule has 0 spiro atoms. The molecule has 1 aromatic heterocycles. The first-order valence-corrected chi connectivity index (χ1v) is 14.8. The summed E-state index contributed by atoms with van der Waals surface area (Å²) in [5.41, 5.74) is 11.7. The average molecular weight is 555 g/mol. The fourth-order valence-corrected chi connectivity index (χ4v) is 7.67. The third-order valence-electron chi connectivity index (χ3n) is 9.54. The summed E-state index contributed by atoms with van der Waals surface area (Å²) in [6, 6.07) is 43.2. The van der Waals surface area contributed by atoms with Gasteiger partial charge >= 0.3 is 0 Å². The quantitative estimate of drug-likeness (QED) is 0.217. The van der Waals surface area contributed by atoms with Crippen LogP contribution in [0.3, 0.4) is 0 Å². The van der Waals surface area contributed by atoms with E-state index in [1.807, 2.05) is 18.2 Å². The molecule has 1 aliphatic carbocycles. The van der Waals surface area contributed by atoms with E-state index in [-0.39, 0.29) is 5.41 Å². The van der Waals surface area contributed by atoms with E-state index in [0.717, 1.165) is 67.6 Å². The highest BCUT2D eigenvalue weighted by atomic mass is 16.5. The minimum Gasteiger partial charge on any atom is -0.453 e. The molecule has 0 saturated heterocycles. The van der Waals surface area contributed by atoms with E-state index < -0.39 is 0 Å². The molecule has 4 heteroatoms. The van der Waals surface area contributed by atoms with Crippen molar-refractivity contribution in [1.82, 2.24) is 4.57 Å². The molecular formula is C39H26N2O2. The Balaban J connectivity index is 1.30. The van der Waals surface area contributed by atoms with Crippen LogP contribution in [-0.4, -0.2) is 4.57 Å². The molecule has 0 fully saturated rings. The van der Waals surface area contributed by atoms with Crippen LogP contribution in [0.4, 0.5) is 17.1 Å². The predicted octanol–water partition coefficient (Wildman–Crippen LogP) is 10.8. The van der Waals surface area contributed by atoms with Gasteiger partial charge in [-0.25, -0.2) is 0 Å². The number of benzene rings is 6. The molecule has 0 radical (unpaired) electrons. The number of para-hydroxylation sites is 3. The molecule has 43 heavy (non-hydrogen) atoms. The smallest absolute Gasteiger partial charge is 0.155 e. The number of aromatic nitrogens is 1. The lowest BCUT2D eigenvalue weighted by molar-refractivity contribution is 0.444. The van der Waals surface area contributed by atoms with E-state index in [0.29, 0.717) is 0 Å². The lowest BCUT2D eigenvalue weighted by Crippen LogP contribution is -2.15. The largest absolute Gasteiger partial charge is 0.453 e. The molecule has 4 nitrogen and oxygen atoms in total. The second-order valence-corrected chi connectivity index (χ2v) is 12.2. The molecule has 0 amide bonds. The number of fused-ring (bicyclic) bond motifs is 4. The van der Waals surface area contributed by atoms with Gasteiger partial charge in [-0.05, 0) is 76.9 Å². The molecule has 2 aliphatic heterocycles. The van der Waals surface area contributed by atoms with Crippen molar-refractivity contribution >= 4 is 38.9 Å². The summed E-state index contributed by atoms with van der Waals surface area (Å²) in [5, 5.41) is 2.29. The Morgan fingerprint density at radius 3 is 2.09 bits per heavy atom. The first kappa shape index (κ1) is 23.1. The Bertz CT molecular complexity index is 2320. The second-order valence-electron chi connectivity index (χ2n) is 12.2. The molecule has 204 valence electrons. The highest BCUT2D eigenvalue weighted by molar-refractivity contribution is 6.20. The number of anilines is 3. The second kappa shape index (κ2) is 7.87. The number of nitrogens with zero attached hydrogens (tertiary/aromatic N) is 2. The van der Waals surface area contributed by atoms with Crippen LogP contribution in [0.15, 0.2) is 121 Å². The van der Waals surface area contributed by atoms with Gasteiger partial charge in [0.15, 0.2) is 23.0 Å². The highest BCUT2D eigenvalue weighted by Gasteiger charge is 2.37. The van der Waals surface area contributed by atoms with E-state index in [1.54, 1.807) is 0 Å². The Kier molecular flexibility index (Phi) is 4.23. The van der Waals surface area contributed by atoms with Gasteiger partial charge < -0.3 is 14.4 Å². The minimum absolute atomic E-state index is 0.0462. The predicted molar refractivity (Wildman–Crippen MR) is 173 cm³/mol. The maximum atomic E-state index is 6.54. The molecule has 10 rings (SSSR count). The third kappa shape index (κ3) is 2.85. The molecular weight excluding hydrogens is 528 g/mol. The van der Waals surface area contributed by atoms with Crippen LogP contribution >= 0.6 is 0 Å². The van der Waals surface area contributed by atoms with Gasteiger partial charge in [-0.2, -0.15) is 0 Å². The van der Waals surface area contributed by atoms with E-state index in [4.69, 9.17) is 9.47 Å². The van der Waals surface area contributed by atoms with Gasteiger partial charge in [0.2, 0.25) is 0 Å². The van der Waals surface area contributed by atoms with Crippen molar-refractivity contribution in [2.45, 2.75) is 19.3 Å². The molecule has 0 N–H and O–H groups in total. The van der Waals surface area contributed by atoms with Crippen LogP contribution in [0.1, 0.15) is 25.0 Å². The monoisotopic (exact) mass is 554 g/mol. The summed E-state index contributed by atoms with van der Waals surface area (Å²) in [5.74, 6) is 3.33. The van der Waals surface area contributed by atoms with Gasteiger partial charge in [-0.3, -0.25) is 4.57 Å². The molecule has 0 atom stereocenters. The molecule has 0 bridgehead atoms. The van der Waals surface area contributed by atoms with Gasteiger partial charge in [0.25, 0.3) is 0 Å². The van der Waals surface area contributed by atoms with Gasteiger partial charge in [-0.15, -0.1) is 0 Å². The molecule has 3 aliphatic rings. The number of hydrogen-bond donors (Lipinski definition) is 0. The van der Waals surface area contributed by atoms with Crippen molar-refractivity contribution in [3.63, 3.8) is 0 Å². The topological polar surface area (TPSA) is 26.6 Å². The average Bonchev–Trinajstić information content (AvgIpc) is 3.51. The zero-order valence-corrected chi connectivity index (χ0v) is 23.8. The van der Waals surface area contributed by atoms with Gasteiger partial charge in [0, 0.05) is 27.6 Å². The minimum atomic E-state index is -0.0462. The Labute approximate surface area is 249 Å². The van der Waals surface area contributed by atoms with Crippen LogP contribution in [0, 0.1) is 0 Å². The maximum absolute atomic E-state index is 6.54. The van der Waals surface area contributed by atoms with Crippen LogP contribution in [-0.2, 0) is 5.41 Å². The van der Waals surface area contributed by atoms with E-state index in [9.17, 15) is 0 Å². The highest BCUT2D eigenvalue weighted by Crippen LogP contribution is 2.57. The summed E-state index contributed by atoms with van der Waals surface area (Å²) in [4.78, 5) is 2.39. The Morgan fingerprint density at radius 2 is 1.26 bits per heavy atom. The van der Waals surface area contributed by atoms with E-state index in [2.05, 4.69) is 126 Å². The van der Waals surface area contributed by atoms with Crippen molar-refractivity contribution in [2.24, 2.45) is 0 Å². The van der Waals surface area contributed by atoms with Crippen LogP contribution in [0.2, 0.25) is 0 Å². The van der Waals surface area contributed by atoms with Crippen molar-refractivity contribution < 1.29 is 9.47 Å². The zero-order chi connectivity index (χ0) is 28.4. The maximum Gasteiger partial charge on any atom is 0.155 e. The summed E-state index contributed by atoms with van der Waals surface area (Å²) < 4.78 is 15.3. The normalized spacial score (nSPS) is 14.4. The molecule has 0 unspecified atom stereocenters. The van der Waals surface area contributed by atoms with Crippen molar-refractivity contribution in [3.8, 4) is 39.8 Å². The SMILES string of the molecule is CC1(C)c2ccccc2-c2cc(N(c3ccccc3)c3ccc4c5c3c3cccc6c3n5-c3c(cccc3O4)O6)ccc21. The molecule has 0 saturated carbocycles. The first-order chi connectivity index (χ1) is 21.1. The van der Waals surface area contributed by atoms with Crippen LogP contribution < -0.4 is 14.4 Å². The number of hydrogen-bond acceptors (Lipinski definition) is 3. The summed E-state index contributed by atoms with van der Waals surface area (Å²) in [6.45, 7) is 4.66. The molecule has 6 aromatic carbocycles. The van der Waals surface area contributed by atoms with Gasteiger partial charge in [0.1, 0.15) is 5.69 Å². The van der Waals surface area contributed by atoms with E-state index >= 15 is 0 Å². The van der Waals surface area contributed by atoms with Gasteiger partial charge in [0.05, 0.1) is 16.7 Å². The van der Waals surface area contributed by atoms with Gasteiger partial charge in [-0.1, -0.05) is 80.6 Å². The van der Waals surface area contributed by atoms with Crippen molar-refractivity contribution in [2.75, 3.05) is 4.90 Å². The van der Waals surface area contributed by atoms with Crippen molar-refractivity contribution in [1.29, 1.82) is 0 Å². The Hall–Kier alpha value is -5.48. The third-order valence-corrected chi connectivity index (χ3v) is 9.54. The lowest BCUT2D eigenvalue weighted by atomic mass is 9.82. The summed E-state index contributed by atoms with van der Waals surface area (Å²) in [6.07, 6.45) is 0. The molecule has 3 heterocycles. The van der Waals surface area contributed by atoms with E-state index in [1.165, 1.54) is 22.3 Å². The Morgan fingerprint density at radius 1 is 0.558 bits per heavy atom. The van der Waals surface area contributed by atoms with Crippen LogP contribution in [0.5, 0.6) is 23.0 Å². The fourth-order valence-electron chi connectivity index (χ4n) is 7.67. The zero-order valence-electron chi connectivity index (χ0n) is 23.8. The standard InChI is InChI=1S/C39H26N2O2/c1-39(2)28-14-7-6-12-25(28)27-22-24(18-19-29(27)39)40(23-10-4-3-5-11-23)30-20-21-34-38-35(30)26-13-8-15-31-36(26)41(38)37-32(42-31)16-9-17-33(37)43-34/h3-22H,1-2H3. The summed E-state index contributed by atoms with van der Waals surface area (Å²) in [7, 11) is 0. The van der Waals surface area contributed by atoms with Crippen LogP contribution in [0.25, 0.3) is 38.6 Å². The van der Waals surface area contributed by atoms with Crippen molar-refractivity contribution in [3.05, 3.63) is 132 Å². The number of ether oxygens (including phenoxy) is 2. The number of rotatable bonds is 3. The first-order valence-electron chi connectivity index (χ1n) is 14.8.